The van der Waals surface area contributed by atoms with Crippen LogP contribution in [0.1, 0.15) is 16.7 Å². The van der Waals surface area contributed by atoms with Crippen molar-refractivity contribution in [2.24, 2.45) is 0 Å². The molecule has 20 rings (SSSR count). The Morgan fingerprint density at radius 2 is 0.566 bits per heavy atom. The Labute approximate surface area is 598 Å². The summed E-state index contributed by atoms with van der Waals surface area (Å²) in [6.07, 6.45) is 0. The Hall–Kier alpha value is -14.9. The second-order valence-electron chi connectivity index (χ2n) is 23.0. The summed E-state index contributed by atoms with van der Waals surface area (Å²) in [7, 11) is 0. The van der Waals surface area contributed by atoms with Gasteiger partial charge in [-0.3, -0.25) is 23.1 Å². The monoisotopic (exact) mass is 1490 g/mol. The van der Waals surface area contributed by atoms with Crippen LogP contribution in [0.25, 0.3) is 139 Å². The van der Waals surface area contributed by atoms with Gasteiger partial charge in [-0.2, -0.15) is 0 Å². The third-order valence-electron chi connectivity index (χ3n) is 16.4. The Kier molecular flexibility index (Phi) is 15.9. The summed E-state index contributed by atoms with van der Waals surface area (Å²) in [5, 5.41) is 159. The summed E-state index contributed by atoms with van der Waals surface area (Å²) < 4.78 is 22.7. The molecule has 0 amide bonds. The minimum atomic E-state index is 0.201. The number of halogens is 3. The van der Waals surface area contributed by atoms with Gasteiger partial charge in [0.15, 0.2) is 0 Å². The van der Waals surface area contributed by atoms with Crippen molar-refractivity contribution >= 4 is 145 Å². The van der Waals surface area contributed by atoms with E-state index < -0.39 is 0 Å². The van der Waals surface area contributed by atoms with Crippen molar-refractivity contribution in [3.8, 4) is 28.4 Å². The van der Waals surface area contributed by atoms with E-state index in [0.29, 0.717) is 89.8 Å². The van der Waals surface area contributed by atoms with E-state index in [0.717, 1.165) is 31.1 Å². The maximum absolute atomic E-state index is 12.4. The number of hydrogen-bond donors (Lipinski definition) is 0. The van der Waals surface area contributed by atoms with Gasteiger partial charge in [-0.25, -0.2) is 0 Å². The zero-order valence-electron chi connectivity index (χ0n) is 53.7. The predicted octanol–water partition coefficient (Wildman–Crippen LogP) is 5.05. The van der Waals surface area contributed by atoms with Gasteiger partial charge in [-0.15, -0.1) is 24.2 Å². The number of para-hydroxylation sites is 2. The number of hydrogen-bond acceptors (Lipinski definition) is 25. The third kappa shape index (κ3) is 11.0. The van der Waals surface area contributed by atoms with E-state index in [9.17, 15) is 52.1 Å². The van der Waals surface area contributed by atoms with E-state index in [1.165, 1.54) is 70.3 Å². The molecule has 0 radical (unpaired) electrons. The highest BCUT2D eigenvalue weighted by Crippen LogP contribution is 2.28. The van der Waals surface area contributed by atoms with Gasteiger partial charge in [0.1, 0.15) is 28.4 Å². The van der Waals surface area contributed by atoms with Crippen LogP contribution in [0.4, 0.5) is 0 Å². The first-order valence-electron chi connectivity index (χ1n) is 30.6. The first kappa shape index (κ1) is 65.7. The minimum Gasteiger partial charge on any atom is -0.692 e. The molecule has 0 saturated heterocycles. The number of nitrogens with zero attached hydrogens (tertiary/aromatic N) is 25. The molecular formula is C63H38Cl3N25O15. The van der Waals surface area contributed by atoms with Gasteiger partial charge >= 0.3 is 55.2 Å². The quantitative estimate of drug-likeness (QED) is 0.161. The molecule has 0 saturated carbocycles. The van der Waals surface area contributed by atoms with Crippen LogP contribution >= 0.6 is 34.8 Å². The highest BCUT2D eigenvalue weighted by molar-refractivity contribution is 6.33. The molecular weight excluding hydrogens is 1450 g/mol. The molecule has 10 aromatic heterocycles. The fourth-order valence-corrected chi connectivity index (χ4v) is 11.9. The lowest BCUT2D eigenvalue weighted by molar-refractivity contribution is -0.782. The summed E-state index contributed by atoms with van der Waals surface area (Å²) in [6.45, 7) is 5.72. The number of rotatable bonds is 5. The Morgan fingerprint density at radius 3 is 0.934 bits per heavy atom. The summed E-state index contributed by atoms with van der Waals surface area (Å²) in [5.41, 5.74) is 10.7. The predicted molar refractivity (Wildman–Crippen MR) is 362 cm³/mol. The fraction of sp³-hybridized carbons (Fsp3) is 0.0476. The molecule has 526 valence electrons. The largest absolute Gasteiger partial charge is 0.692 e. The number of fused-ring (bicyclic) bond motifs is 15. The maximum atomic E-state index is 12.4. The topological polar surface area (TPSA) is 489 Å². The molecule has 0 N–H and O–H groups in total. The molecule has 0 aliphatic carbocycles. The Bertz CT molecular complexity index is 6870. The zero-order valence-corrected chi connectivity index (χ0v) is 55.9. The molecule has 10 heterocycles. The molecule has 40 nitrogen and oxygen atoms in total. The average molecular weight is 1490 g/mol. The van der Waals surface area contributed by atoms with E-state index in [-0.39, 0.29) is 113 Å². The van der Waals surface area contributed by atoms with Gasteiger partial charge in [0, 0.05) is 5.02 Å². The van der Waals surface area contributed by atoms with E-state index in [2.05, 4.69) is 74.4 Å². The van der Waals surface area contributed by atoms with E-state index >= 15 is 0 Å². The van der Waals surface area contributed by atoms with E-state index in [1.807, 2.05) is 45.0 Å². The normalized spacial score (nSPS) is 11.5. The van der Waals surface area contributed by atoms with Gasteiger partial charge in [-0.05, 0) is 202 Å². The van der Waals surface area contributed by atoms with Crippen molar-refractivity contribution in [3.05, 3.63) is 260 Å². The van der Waals surface area contributed by atoms with Crippen molar-refractivity contribution in [1.29, 1.82) is 0 Å². The molecule has 106 heavy (non-hydrogen) atoms. The SMILES string of the molecule is Cc1ccc(-n2nc3c4no[n+]([O-])c4ccc3[n+]2[O-])c(Cl)c1.Cc1ccc(-n2nc3c4no[n+]([O-])c4ccc3[n+]2[O-])cc1.Cc1ccc(-n2nc3c4no[n+]([O-])c4ccc3[n+]2[O-])cc1Cl.[O-][n+]1onc2c3nn(-c4ccccc4)[n+]([O-])c3ccc21.[O-][n+]1onc2c3nn(-c4ccccc4Cl)[n+]([O-])c3ccc21. The standard InChI is InChI=1S/2C13H8ClN5O3.C13H9N5O3.C12H6ClN5O3.C12H7N5O3/c1-7-2-3-8(6-9(7)14)17-15-12-10(18(17)20)4-5-11-13(12)16-22-19(11)21;1-7-2-3-9(8(14)6-7)17-15-12-10(18(17)20)4-5-11-13(12)16-22-19(11)21;1-8-2-4-9(5-3-8)16-14-12-10(17(16)19)6-7-11-13(12)15-21-18(11)20;13-7-3-1-2-4-8(7)16-14-11-9(17(16)19)5-6-10-12(11)15-21-18(10)20;18-16-9-6-7-10-12(14-20-17(10)19)11(9)13-15(16)8-4-2-1-3-5-8/h2*2-6H,1H3;2-7H,1H3;1-6H;1-7H. The Morgan fingerprint density at radius 1 is 0.264 bits per heavy atom. The van der Waals surface area contributed by atoms with Crippen molar-refractivity contribution < 1.29 is 71.9 Å². The van der Waals surface area contributed by atoms with Crippen molar-refractivity contribution in [3.63, 3.8) is 0 Å². The summed E-state index contributed by atoms with van der Waals surface area (Å²) in [6, 6.07) is 48.4. The van der Waals surface area contributed by atoms with Crippen LogP contribution in [-0.4, -0.2) is 75.3 Å². The van der Waals surface area contributed by atoms with Crippen LogP contribution in [-0.2, 0) is 0 Å². The lowest BCUT2D eigenvalue weighted by Crippen LogP contribution is -2.37. The first-order chi connectivity index (χ1) is 51.2. The summed E-state index contributed by atoms with van der Waals surface area (Å²) >= 11 is 18.4. The number of aromatic nitrogens is 25. The highest BCUT2D eigenvalue weighted by atomic mass is 35.5. The van der Waals surface area contributed by atoms with E-state index in [1.54, 1.807) is 91.0 Å². The van der Waals surface area contributed by atoms with Gasteiger partial charge in [0.05, 0.1) is 61.3 Å². The molecule has 0 bridgehead atoms. The number of aryl methyl sites for hydroxylation is 3. The zero-order chi connectivity index (χ0) is 73.7. The molecule has 0 atom stereocenters. The van der Waals surface area contributed by atoms with Crippen molar-refractivity contribution in [1.82, 2.24) is 75.3 Å². The van der Waals surface area contributed by atoms with Gasteiger partial charge in [0.2, 0.25) is 55.2 Å². The fourth-order valence-electron chi connectivity index (χ4n) is 11.2. The second kappa shape index (κ2) is 25.6. The van der Waals surface area contributed by atoms with Crippen LogP contribution in [0.15, 0.2) is 199 Å². The van der Waals surface area contributed by atoms with Gasteiger partial charge in [0.25, 0.3) is 0 Å². The smallest absolute Gasteiger partial charge is 0.307 e. The Balaban J connectivity index is 0.000000102. The van der Waals surface area contributed by atoms with Crippen molar-refractivity contribution in [2.45, 2.75) is 20.8 Å². The number of benzene rings is 10. The van der Waals surface area contributed by atoms with Gasteiger partial charge in [-0.1, -0.05) is 95.0 Å². The molecule has 0 aliphatic heterocycles. The molecule has 10 aromatic carbocycles. The van der Waals surface area contributed by atoms with Gasteiger partial charge < -0.3 is 52.1 Å². The van der Waals surface area contributed by atoms with Crippen LogP contribution in [0.3, 0.4) is 0 Å². The highest BCUT2D eigenvalue weighted by Gasteiger charge is 2.32. The second-order valence-corrected chi connectivity index (χ2v) is 24.2. The maximum Gasteiger partial charge on any atom is 0.307 e. The van der Waals surface area contributed by atoms with Crippen LogP contribution in [0, 0.1) is 72.8 Å². The summed E-state index contributed by atoms with van der Waals surface area (Å²) in [4.78, 5) is 10.3. The lowest BCUT2D eigenvalue weighted by Gasteiger charge is -2.05. The lowest BCUT2D eigenvalue weighted by atomic mass is 10.2. The van der Waals surface area contributed by atoms with E-state index in [4.69, 9.17) is 34.8 Å². The van der Waals surface area contributed by atoms with Crippen LogP contribution < -0.4 is 48.7 Å². The molecule has 0 unspecified atom stereocenters. The first-order valence-corrected chi connectivity index (χ1v) is 31.8. The average Bonchev–Trinajstić information content (AvgIpc) is 1.63. The molecule has 0 spiro atoms. The third-order valence-corrected chi connectivity index (χ3v) is 17.5. The molecule has 20 aromatic rings. The van der Waals surface area contributed by atoms with Crippen molar-refractivity contribution in [2.75, 3.05) is 0 Å². The van der Waals surface area contributed by atoms with Crippen LogP contribution in [0.2, 0.25) is 15.1 Å². The molecule has 43 heteroatoms. The summed E-state index contributed by atoms with van der Waals surface area (Å²) in [5.74, 6) is 0. The molecule has 0 fully saturated rings. The molecule has 0 aliphatic rings. The van der Waals surface area contributed by atoms with Crippen LogP contribution in [0.5, 0.6) is 0 Å². The minimum absolute atomic E-state index is 0.201.